The lowest BCUT2D eigenvalue weighted by Gasteiger charge is -2.17. The topological polar surface area (TPSA) is 58.6 Å². The van der Waals surface area contributed by atoms with Gasteiger partial charge in [-0.05, 0) is 6.92 Å². The molecule has 0 saturated carbocycles. The predicted octanol–water partition coefficient (Wildman–Crippen LogP) is -0.592. The zero-order valence-corrected chi connectivity index (χ0v) is 7.23. The quantitative estimate of drug-likeness (QED) is 0.428. The van der Waals surface area contributed by atoms with E-state index in [1.807, 2.05) is 9.39 Å². The molecule has 0 aliphatic rings. The molecule has 0 bridgehead atoms. The van der Waals surface area contributed by atoms with Crippen LogP contribution in [0.15, 0.2) is 0 Å². The van der Waals surface area contributed by atoms with E-state index in [-0.39, 0.29) is 0 Å². The number of aliphatic hydroxyl groups is 1. The number of carbonyl (C=O) groups excluding carboxylic acids is 1. The first-order valence-corrected chi connectivity index (χ1v) is 3.20. The van der Waals surface area contributed by atoms with Crippen LogP contribution >= 0.6 is 18.9 Å². The van der Waals surface area contributed by atoms with Gasteiger partial charge in [0.25, 0.3) is 0 Å². The van der Waals surface area contributed by atoms with Crippen LogP contribution in [0.1, 0.15) is 6.92 Å². The lowest BCUT2D eigenvalue weighted by molar-refractivity contribution is -0.153. The fourth-order valence-electron chi connectivity index (χ4n) is 0.174. The monoisotopic (exact) mass is 169 g/mol. The summed E-state index contributed by atoms with van der Waals surface area (Å²) in [5.41, 5.74) is -1.62. The molecule has 0 aliphatic carbocycles. The van der Waals surface area contributed by atoms with Gasteiger partial charge in [-0.1, -0.05) is 9.39 Å². The molecule has 6 heteroatoms. The number of carbonyl (C=O) groups is 1. The third-order valence-electron chi connectivity index (χ3n) is 0.786. The molecule has 9 heavy (non-hydrogen) atoms. The summed E-state index contributed by atoms with van der Waals surface area (Å²) in [6.07, 6.45) is 0. The van der Waals surface area contributed by atoms with Gasteiger partial charge < -0.3 is 9.63 Å². The largest absolute Gasteiger partial charge is 0.448 e. The van der Waals surface area contributed by atoms with Crippen molar-refractivity contribution < 1.29 is 14.4 Å². The zero-order valence-electron chi connectivity index (χ0n) is 4.92. The van der Waals surface area contributed by atoms with Crippen molar-refractivity contribution in [2.24, 2.45) is 0 Å². The highest BCUT2D eigenvalue weighted by Crippen LogP contribution is 2.05. The molecule has 0 heterocycles. The van der Waals surface area contributed by atoms with Gasteiger partial charge in [-0.25, -0.2) is 4.79 Å². The molecule has 0 aromatic heterocycles. The van der Waals surface area contributed by atoms with Gasteiger partial charge >= 0.3 is 5.97 Å². The number of hydrogen-bond donors (Lipinski definition) is 2. The lowest BCUT2D eigenvalue weighted by atomic mass is 10.3. The molecule has 2 N–H and O–H groups in total. The van der Waals surface area contributed by atoms with Crippen LogP contribution in [0.4, 0.5) is 0 Å². The summed E-state index contributed by atoms with van der Waals surface area (Å²) in [5, 5.41) is 11.2. The molecule has 0 aliphatic heterocycles. The molecule has 0 fully saturated rings. The molecule has 0 amide bonds. The molecule has 0 radical (unpaired) electrons. The number of rotatable bonds is 2. The van der Waals surface area contributed by atoms with Gasteiger partial charge in [0, 0.05) is 0 Å². The van der Waals surface area contributed by atoms with Gasteiger partial charge in [0.05, 0.1) is 9.47 Å². The summed E-state index contributed by atoms with van der Waals surface area (Å²) in [7, 11) is 3.76. The summed E-state index contributed by atoms with van der Waals surface area (Å²) in [6.45, 7) is 1.28. The lowest BCUT2D eigenvalue weighted by Crippen LogP contribution is -2.44. The second kappa shape index (κ2) is 3.43. The maximum absolute atomic E-state index is 10.5. The first-order valence-electron chi connectivity index (χ1n) is 2.16. The highest BCUT2D eigenvalue weighted by molar-refractivity contribution is 7.14. The molecule has 0 aromatic rings. The Labute approximate surface area is 57.9 Å². The molecule has 0 rings (SSSR count). The summed E-state index contributed by atoms with van der Waals surface area (Å²) in [5.74, 6) is -0.748. The van der Waals surface area contributed by atoms with E-state index in [1.165, 1.54) is 6.92 Å². The number of nitrogens with one attached hydrogen (secondary N) is 1. The van der Waals surface area contributed by atoms with Gasteiger partial charge in [0.2, 0.25) is 5.72 Å². The number of hydrogen-bond acceptors (Lipinski definition) is 4. The summed E-state index contributed by atoms with van der Waals surface area (Å²) >= 11 is 0. The molecule has 54 valence electrons. The van der Waals surface area contributed by atoms with Crippen molar-refractivity contribution in [2.75, 3.05) is 0 Å². The van der Waals surface area contributed by atoms with Crippen molar-refractivity contribution in [3.63, 3.8) is 0 Å². The molecule has 3 unspecified atom stereocenters. The standard InChI is InChI=1S/C3H9NO3P2/c1-3(6,4-8)2(5)7-9/h4,6H,8-9H2,1H3. The summed E-state index contributed by atoms with van der Waals surface area (Å²) in [4.78, 5) is 10.5. The zero-order chi connectivity index (χ0) is 7.49. The van der Waals surface area contributed by atoms with Crippen LogP contribution in [-0.2, 0) is 9.32 Å². The third-order valence-corrected chi connectivity index (χ3v) is 1.56. The van der Waals surface area contributed by atoms with Gasteiger partial charge in [0.15, 0.2) is 0 Å². The molecule has 4 nitrogen and oxygen atoms in total. The Bertz CT molecular complexity index is 116. The first kappa shape index (κ1) is 9.25. The van der Waals surface area contributed by atoms with Crippen LogP contribution in [0.25, 0.3) is 0 Å². The van der Waals surface area contributed by atoms with Crippen LogP contribution in [0, 0.1) is 0 Å². The normalized spacial score (nSPS) is 16.4. The van der Waals surface area contributed by atoms with Crippen LogP contribution < -0.4 is 5.09 Å². The summed E-state index contributed by atoms with van der Waals surface area (Å²) < 4.78 is 4.16. The fraction of sp³-hybridized carbons (Fsp3) is 0.667. The fourth-order valence-corrected chi connectivity index (χ4v) is 0.521. The van der Waals surface area contributed by atoms with Gasteiger partial charge in [-0.2, -0.15) is 0 Å². The SMILES string of the molecule is CC(O)(NP)C(=O)OP. The van der Waals surface area contributed by atoms with Crippen molar-refractivity contribution >= 4 is 24.8 Å². The molecule has 3 atom stereocenters. The Morgan fingerprint density at radius 1 is 1.89 bits per heavy atom. The summed E-state index contributed by atoms with van der Waals surface area (Å²) in [6, 6.07) is 0. The highest BCUT2D eigenvalue weighted by atomic mass is 31.0. The van der Waals surface area contributed by atoms with Gasteiger partial charge in [-0.3, -0.25) is 5.09 Å². The highest BCUT2D eigenvalue weighted by Gasteiger charge is 2.28. The van der Waals surface area contributed by atoms with Crippen LogP contribution in [-0.4, -0.2) is 16.8 Å². The Morgan fingerprint density at radius 2 is 2.33 bits per heavy atom. The molecule has 0 saturated heterocycles. The van der Waals surface area contributed by atoms with E-state index in [1.54, 1.807) is 9.47 Å². The molecule has 0 aromatic carbocycles. The van der Waals surface area contributed by atoms with E-state index in [0.717, 1.165) is 0 Å². The van der Waals surface area contributed by atoms with E-state index in [9.17, 15) is 4.79 Å². The predicted molar refractivity (Wildman–Crippen MR) is 39.3 cm³/mol. The average Bonchev–Trinajstić information content (AvgIpc) is 1.86. The minimum atomic E-state index is -1.62. The van der Waals surface area contributed by atoms with Crippen molar-refractivity contribution in [1.29, 1.82) is 0 Å². The maximum Gasteiger partial charge on any atom is 0.355 e. The van der Waals surface area contributed by atoms with Crippen LogP contribution in [0.5, 0.6) is 0 Å². The Morgan fingerprint density at radius 3 is 2.44 bits per heavy atom. The van der Waals surface area contributed by atoms with E-state index in [4.69, 9.17) is 5.11 Å². The smallest absolute Gasteiger partial charge is 0.355 e. The van der Waals surface area contributed by atoms with Crippen molar-refractivity contribution in [3.05, 3.63) is 0 Å². The molecular weight excluding hydrogens is 160 g/mol. The minimum Gasteiger partial charge on any atom is -0.448 e. The first-order chi connectivity index (χ1) is 4.04. The van der Waals surface area contributed by atoms with Crippen molar-refractivity contribution in [1.82, 2.24) is 5.09 Å². The maximum atomic E-state index is 10.5. The Kier molecular flexibility index (Phi) is 3.52. The Hall–Kier alpha value is 0.250. The van der Waals surface area contributed by atoms with Gasteiger partial charge in [-0.15, -0.1) is 0 Å². The average molecular weight is 169 g/mol. The van der Waals surface area contributed by atoms with E-state index >= 15 is 0 Å². The van der Waals surface area contributed by atoms with Crippen molar-refractivity contribution in [3.8, 4) is 0 Å². The second-order valence-electron chi connectivity index (χ2n) is 1.62. The second-order valence-corrected chi connectivity index (χ2v) is 2.15. The molecule has 0 spiro atoms. The van der Waals surface area contributed by atoms with Crippen LogP contribution in [0.3, 0.4) is 0 Å². The minimum absolute atomic E-state index is 0.748. The van der Waals surface area contributed by atoms with Crippen LogP contribution in [0.2, 0.25) is 0 Å². The molecular formula is C3H9NO3P2. The van der Waals surface area contributed by atoms with E-state index in [2.05, 4.69) is 9.61 Å². The van der Waals surface area contributed by atoms with Crippen molar-refractivity contribution in [2.45, 2.75) is 12.6 Å². The van der Waals surface area contributed by atoms with Gasteiger partial charge in [0.1, 0.15) is 0 Å². The Balaban J connectivity index is 3.97. The third kappa shape index (κ3) is 2.55. The van der Waals surface area contributed by atoms with E-state index < -0.39 is 11.7 Å². The van der Waals surface area contributed by atoms with E-state index in [0.29, 0.717) is 0 Å².